The van der Waals surface area contributed by atoms with Crippen LogP contribution in [-0.2, 0) is 0 Å². The third-order valence-corrected chi connectivity index (χ3v) is 2.87. The molecular weight excluding hydrogens is 248 g/mol. The number of rotatable bonds is 4. The molecule has 1 N–H and O–H groups in total. The summed E-state index contributed by atoms with van der Waals surface area (Å²) in [6, 6.07) is 1.99. The highest BCUT2D eigenvalue weighted by Crippen LogP contribution is 2.19. The average Bonchev–Trinajstić information content (AvgIpc) is 2.81. The van der Waals surface area contributed by atoms with Gasteiger partial charge in [0, 0.05) is 33.6 Å². The molecule has 7 heteroatoms. The molecule has 0 atom stereocenters. The van der Waals surface area contributed by atoms with Crippen molar-refractivity contribution in [2.45, 2.75) is 0 Å². The predicted molar refractivity (Wildman–Crippen MR) is 76.1 cm³/mol. The van der Waals surface area contributed by atoms with Gasteiger partial charge in [0.1, 0.15) is 0 Å². The minimum absolute atomic E-state index is 0.552. The Morgan fingerprint density at radius 1 is 1.00 bits per heavy atom. The van der Waals surface area contributed by atoms with Gasteiger partial charge in [-0.15, -0.1) is 0 Å². The van der Waals surface area contributed by atoms with Crippen LogP contribution in [0.2, 0.25) is 0 Å². The Bertz CT molecular complexity index is 482. The number of anilines is 4. The lowest BCUT2D eigenvalue weighted by molar-refractivity contribution is 0.920. The zero-order chi connectivity index (χ0) is 13.1. The van der Waals surface area contributed by atoms with Gasteiger partial charge >= 0.3 is 0 Å². The minimum Gasteiger partial charge on any atom is -0.347 e. The molecule has 0 bridgehead atoms. The summed E-state index contributed by atoms with van der Waals surface area (Å²) >= 11 is 1.63. The molecule has 0 radical (unpaired) electrons. The van der Waals surface area contributed by atoms with Crippen LogP contribution in [-0.4, -0.2) is 43.1 Å². The fourth-order valence-electron chi connectivity index (χ4n) is 1.27. The number of hydrogen-bond acceptors (Lipinski definition) is 7. The molecule has 0 saturated heterocycles. The molecule has 0 aliphatic carbocycles. The summed E-state index contributed by atoms with van der Waals surface area (Å²) in [5.74, 6) is 1.81. The van der Waals surface area contributed by atoms with Gasteiger partial charge in [-0.05, 0) is 11.4 Å². The number of aromatic nitrogens is 3. The van der Waals surface area contributed by atoms with Crippen molar-refractivity contribution in [2.24, 2.45) is 0 Å². The first kappa shape index (κ1) is 12.6. The van der Waals surface area contributed by atoms with Crippen molar-refractivity contribution in [2.75, 3.05) is 43.3 Å². The van der Waals surface area contributed by atoms with E-state index in [1.807, 2.05) is 54.8 Å². The number of thiophene rings is 1. The van der Waals surface area contributed by atoms with Gasteiger partial charge in [-0.1, -0.05) is 0 Å². The Morgan fingerprint density at radius 3 is 2.06 bits per heavy atom. The van der Waals surface area contributed by atoms with Gasteiger partial charge < -0.3 is 15.1 Å². The van der Waals surface area contributed by atoms with E-state index in [0.717, 1.165) is 5.69 Å². The summed E-state index contributed by atoms with van der Waals surface area (Å²) in [7, 11) is 7.62. The Hall–Kier alpha value is -1.89. The van der Waals surface area contributed by atoms with Crippen LogP contribution >= 0.6 is 11.3 Å². The number of nitrogens with one attached hydrogen (secondary N) is 1. The Kier molecular flexibility index (Phi) is 3.61. The zero-order valence-electron chi connectivity index (χ0n) is 10.9. The van der Waals surface area contributed by atoms with Crippen LogP contribution in [0, 0.1) is 0 Å². The molecule has 0 amide bonds. The third kappa shape index (κ3) is 2.86. The van der Waals surface area contributed by atoms with Crippen molar-refractivity contribution in [3.8, 4) is 0 Å². The van der Waals surface area contributed by atoms with Crippen LogP contribution < -0.4 is 15.1 Å². The molecule has 0 fully saturated rings. The van der Waals surface area contributed by atoms with Crippen LogP contribution in [0.1, 0.15) is 0 Å². The standard InChI is InChI=1S/C11H16N6S/c1-16(2)10-13-9(12-8-5-6-18-7-8)14-11(15-10)17(3)4/h5-7H,1-4H3,(H,12,13,14,15). The summed E-state index contributed by atoms with van der Waals surface area (Å²) in [5, 5.41) is 7.18. The summed E-state index contributed by atoms with van der Waals surface area (Å²) < 4.78 is 0. The van der Waals surface area contributed by atoms with Gasteiger partial charge in [-0.25, -0.2) is 0 Å². The molecule has 0 unspecified atom stereocenters. The smallest absolute Gasteiger partial charge is 0.233 e. The van der Waals surface area contributed by atoms with Crippen molar-refractivity contribution in [1.82, 2.24) is 15.0 Å². The first-order valence-corrected chi connectivity index (χ1v) is 6.40. The fraction of sp³-hybridized carbons (Fsp3) is 0.364. The van der Waals surface area contributed by atoms with Gasteiger partial charge in [0.25, 0.3) is 0 Å². The number of hydrogen-bond donors (Lipinski definition) is 1. The van der Waals surface area contributed by atoms with Crippen LogP contribution in [0.25, 0.3) is 0 Å². The number of nitrogens with zero attached hydrogens (tertiary/aromatic N) is 5. The Labute approximate surface area is 110 Å². The van der Waals surface area contributed by atoms with Gasteiger partial charge in [-0.3, -0.25) is 0 Å². The summed E-state index contributed by atoms with van der Waals surface area (Å²) in [6.45, 7) is 0. The van der Waals surface area contributed by atoms with Gasteiger partial charge in [0.15, 0.2) is 0 Å². The van der Waals surface area contributed by atoms with Gasteiger partial charge in [0.05, 0.1) is 5.69 Å². The van der Waals surface area contributed by atoms with Crippen LogP contribution in [0.5, 0.6) is 0 Å². The molecule has 6 nitrogen and oxygen atoms in total. The first-order valence-electron chi connectivity index (χ1n) is 5.46. The van der Waals surface area contributed by atoms with E-state index < -0.39 is 0 Å². The molecule has 0 aliphatic heterocycles. The Morgan fingerprint density at radius 2 is 1.61 bits per heavy atom. The monoisotopic (exact) mass is 264 g/mol. The fourth-order valence-corrected chi connectivity index (χ4v) is 1.86. The molecule has 0 saturated carbocycles. The van der Waals surface area contributed by atoms with E-state index in [1.165, 1.54) is 0 Å². The van der Waals surface area contributed by atoms with Crippen LogP contribution in [0.15, 0.2) is 16.8 Å². The molecule has 2 aromatic heterocycles. The highest BCUT2D eigenvalue weighted by Gasteiger charge is 2.09. The van der Waals surface area contributed by atoms with Crippen molar-refractivity contribution in [1.29, 1.82) is 0 Å². The van der Waals surface area contributed by atoms with Crippen LogP contribution in [0.4, 0.5) is 23.5 Å². The first-order chi connectivity index (χ1) is 8.56. The molecule has 0 aromatic carbocycles. The van der Waals surface area contributed by atoms with Gasteiger partial charge in [-0.2, -0.15) is 26.3 Å². The van der Waals surface area contributed by atoms with Crippen molar-refractivity contribution in [3.05, 3.63) is 16.8 Å². The molecule has 2 heterocycles. The highest BCUT2D eigenvalue weighted by atomic mass is 32.1. The second-order valence-corrected chi connectivity index (χ2v) is 4.96. The normalized spacial score (nSPS) is 10.2. The quantitative estimate of drug-likeness (QED) is 0.909. The molecule has 0 spiro atoms. The topological polar surface area (TPSA) is 57.2 Å². The summed E-state index contributed by atoms with van der Waals surface area (Å²) in [4.78, 5) is 16.8. The minimum atomic E-state index is 0.552. The molecule has 0 aliphatic rings. The van der Waals surface area contributed by atoms with E-state index in [9.17, 15) is 0 Å². The molecule has 96 valence electrons. The van der Waals surface area contributed by atoms with Crippen molar-refractivity contribution in [3.63, 3.8) is 0 Å². The third-order valence-electron chi connectivity index (χ3n) is 2.19. The molecule has 2 aromatic rings. The molecule has 2 rings (SSSR count). The molecule has 18 heavy (non-hydrogen) atoms. The van der Waals surface area contributed by atoms with Crippen LogP contribution in [0.3, 0.4) is 0 Å². The second kappa shape index (κ2) is 5.18. The van der Waals surface area contributed by atoms with E-state index >= 15 is 0 Å². The average molecular weight is 264 g/mol. The SMILES string of the molecule is CN(C)c1nc(Nc2ccsc2)nc(N(C)C)n1. The predicted octanol–water partition coefficient (Wildman–Crippen LogP) is 1.81. The van der Waals surface area contributed by atoms with E-state index in [0.29, 0.717) is 17.8 Å². The lowest BCUT2D eigenvalue weighted by Gasteiger charge is -2.16. The summed E-state index contributed by atoms with van der Waals surface area (Å²) in [5.41, 5.74) is 0.987. The van der Waals surface area contributed by atoms with E-state index in [-0.39, 0.29) is 0 Å². The van der Waals surface area contributed by atoms with Crippen molar-refractivity contribution < 1.29 is 0 Å². The van der Waals surface area contributed by atoms with Crippen molar-refractivity contribution >= 4 is 34.9 Å². The Balaban J connectivity index is 2.34. The zero-order valence-corrected chi connectivity index (χ0v) is 11.7. The van der Waals surface area contributed by atoms with E-state index in [4.69, 9.17) is 0 Å². The summed E-state index contributed by atoms with van der Waals surface area (Å²) in [6.07, 6.45) is 0. The maximum Gasteiger partial charge on any atom is 0.233 e. The highest BCUT2D eigenvalue weighted by molar-refractivity contribution is 7.08. The lowest BCUT2D eigenvalue weighted by Crippen LogP contribution is -2.19. The van der Waals surface area contributed by atoms with E-state index in [2.05, 4.69) is 20.3 Å². The largest absolute Gasteiger partial charge is 0.347 e. The maximum absolute atomic E-state index is 4.36. The lowest BCUT2D eigenvalue weighted by atomic mass is 10.5. The van der Waals surface area contributed by atoms with Gasteiger partial charge in [0.2, 0.25) is 17.8 Å². The molecular formula is C11H16N6S. The van der Waals surface area contributed by atoms with E-state index in [1.54, 1.807) is 11.3 Å². The maximum atomic E-state index is 4.36. The second-order valence-electron chi connectivity index (χ2n) is 4.18.